The molecule has 0 spiro atoms. The molecule has 0 aliphatic heterocycles. The third-order valence-electron chi connectivity index (χ3n) is 6.58. The summed E-state index contributed by atoms with van der Waals surface area (Å²) in [7, 11) is 0.108. The standard InChI is InChI=1S/C24H36O2Si2/c1-8-27(9-2,25-6)23-16-12-21(13-17-23)20(5)22-14-18-24(19-15-22)28(10-3,11-4)26-7/h12-19H,5,8-11H2,1-4,6-7H3. The lowest BCUT2D eigenvalue weighted by Gasteiger charge is -2.28. The van der Waals surface area contributed by atoms with Gasteiger partial charge in [0.15, 0.2) is 0 Å². The first-order valence-corrected chi connectivity index (χ1v) is 15.1. The van der Waals surface area contributed by atoms with Crippen molar-refractivity contribution in [2.45, 2.75) is 51.9 Å². The third-order valence-corrected chi connectivity index (χ3v) is 15.5. The highest BCUT2D eigenvalue weighted by Gasteiger charge is 2.33. The van der Waals surface area contributed by atoms with Gasteiger partial charge in [0, 0.05) is 14.2 Å². The Hall–Kier alpha value is -1.47. The van der Waals surface area contributed by atoms with Gasteiger partial charge in [0.1, 0.15) is 0 Å². The Morgan fingerprint density at radius 1 is 0.643 bits per heavy atom. The lowest BCUT2D eigenvalue weighted by Crippen LogP contribution is -2.48. The molecule has 0 saturated heterocycles. The molecule has 4 heteroatoms. The molecule has 0 radical (unpaired) electrons. The van der Waals surface area contributed by atoms with E-state index in [1.165, 1.54) is 21.5 Å². The Kier molecular flexibility index (Phi) is 8.01. The maximum absolute atomic E-state index is 5.99. The Balaban J connectivity index is 2.27. The van der Waals surface area contributed by atoms with Crippen molar-refractivity contribution < 1.29 is 8.85 Å². The second-order valence-corrected chi connectivity index (χ2v) is 16.2. The zero-order valence-electron chi connectivity index (χ0n) is 18.5. The predicted octanol–water partition coefficient (Wildman–Crippen LogP) is 5.43. The molecule has 0 atom stereocenters. The van der Waals surface area contributed by atoms with Crippen molar-refractivity contribution >= 4 is 32.6 Å². The Labute approximate surface area is 173 Å². The minimum atomic E-state index is -1.81. The zero-order chi connectivity index (χ0) is 20.8. The van der Waals surface area contributed by atoms with Crippen LogP contribution in [0.4, 0.5) is 0 Å². The van der Waals surface area contributed by atoms with Crippen molar-refractivity contribution in [3.05, 3.63) is 66.2 Å². The third kappa shape index (κ3) is 4.25. The zero-order valence-corrected chi connectivity index (χ0v) is 20.5. The van der Waals surface area contributed by atoms with Gasteiger partial charge >= 0.3 is 0 Å². The summed E-state index contributed by atoms with van der Waals surface area (Å²) in [6, 6.07) is 22.2. The van der Waals surface area contributed by atoms with Crippen LogP contribution in [0.1, 0.15) is 38.8 Å². The van der Waals surface area contributed by atoms with Crippen molar-refractivity contribution in [1.29, 1.82) is 0 Å². The summed E-state index contributed by atoms with van der Waals surface area (Å²) >= 11 is 0. The summed E-state index contributed by atoms with van der Waals surface area (Å²) in [5.74, 6) is 0. The number of hydrogen-bond donors (Lipinski definition) is 0. The minimum absolute atomic E-state index is 1.06. The monoisotopic (exact) mass is 412 g/mol. The van der Waals surface area contributed by atoms with Gasteiger partial charge in [-0.15, -0.1) is 0 Å². The van der Waals surface area contributed by atoms with E-state index in [0.717, 1.165) is 29.7 Å². The van der Waals surface area contributed by atoms with E-state index in [4.69, 9.17) is 8.85 Å². The van der Waals surface area contributed by atoms with Crippen LogP contribution in [-0.4, -0.2) is 30.9 Å². The smallest absolute Gasteiger partial charge is 0.223 e. The van der Waals surface area contributed by atoms with E-state index in [0.29, 0.717) is 0 Å². The molecular weight excluding hydrogens is 376 g/mol. The van der Waals surface area contributed by atoms with Gasteiger partial charge in [0.25, 0.3) is 0 Å². The van der Waals surface area contributed by atoms with Crippen LogP contribution in [0.5, 0.6) is 0 Å². The van der Waals surface area contributed by atoms with Crippen molar-refractivity contribution in [3.8, 4) is 0 Å². The summed E-state index contributed by atoms with van der Waals surface area (Å²) in [5.41, 5.74) is 3.40. The Morgan fingerprint density at radius 3 is 1.14 bits per heavy atom. The number of rotatable bonds is 10. The molecule has 0 aliphatic carbocycles. The molecule has 0 bridgehead atoms. The number of benzene rings is 2. The molecule has 2 nitrogen and oxygen atoms in total. The average molecular weight is 413 g/mol. The molecule has 0 N–H and O–H groups in total. The van der Waals surface area contributed by atoms with Crippen molar-refractivity contribution in [3.63, 3.8) is 0 Å². The van der Waals surface area contributed by atoms with Crippen LogP contribution >= 0.6 is 0 Å². The van der Waals surface area contributed by atoms with Crippen LogP contribution in [0.3, 0.4) is 0 Å². The van der Waals surface area contributed by atoms with Crippen LogP contribution in [0.2, 0.25) is 24.2 Å². The van der Waals surface area contributed by atoms with Gasteiger partial charge in [-0.2, -0.15) is 0 Å². The predicted molar refractivity (Wildman–Crippen MR) is 128 cm³/mol. The van der Waals surface area contributed by atoms with Gasteiger partial charge in [0.05, 0.1) is 0 Å². The molecular formula is C24H36O2Si2. The fourth-order valence-corrected chi connectivity index (χ4v) is 10.1. The van der Waals surface area contributed by atoms with Crippen LogP contribution in [0, 0.1) is 0 Å². The fraction of sp³-hybridized carbons (Fsp3) is 0.417. The van der Waals surface area contributed by atoms with Crippen LogP contribution in [0.25, 0.3) is 5.57 Å². The fourth-order valence-electron chi connectivity index (χ4n) is 4.25. The van der Waals surface area contributed by atoms with Gasteiger partial charge in [-0.1, -0.05) is 82.8 Å². The summed E-state index contributed by atoms with van der Waals surface area (Å²) in [5, 5.41) is 2.74. The van der Waals surface area contributed by atoms with Crippen molar-refractivity contribution in [2.75, 3.05) is 14.2 Å². The maximum atomic E-state index is 5.99. The van der Waals surface area contributed by atoms with E-state index in [2.05, 4.69) is 82.8 Å². The average Bonchev–Trinajstić information content (AvgIpc) is 2.77. The molecule has 0 unspecified atom stereocenters. The highest BCUT2D eigenvalue weighted by atomic mass is 28.4. The molecule has 28 heavy (non-hydrogen) atoms. The van der Waals surface area contributed by atoms with Gasteiger partial charge < -0.3 is 8.85 Å². The quantitative estimate of drug-likeness (QED) is 0.485. The van der Waals surface area contributed by atoms with E-state index < -0.39 is 16.6 Å². The van der Waals surface area contributed by atoms with E-state index in [-0.39, 0.29) is 0 Å². The van der Waals surface area contributed by atoms with Crippen LogP contribution in [-0.2, 0) is 8.85 Å². The topological polar surface area (TPSA) is 18.5 Å². The lowest BCUT2D eigenvalue weighted by molar-refractivity contribution is 0.405. The van der Waals surface area contributed by atoms with Crippen molar-refractivity contribution in [1.82, 2.24) is 0 Å². The molecule has 2 aromatic carbocycles. The minimum Gasteiger partial charge on any atom is -0.416 e. The summed E-state index contributed by atoms with van der Waals surface area (Å²) in [6.45, 7) is 13.3. The molecule has 0 heterocycles. The molecule has 152 valence electrons. The van der Waals surface area contributed by atoms with Gasteiger partial charge in [0.2, 0.25) is 16.6 Å². The van der Waals surface area contributed by atoms with Crippen LogP contribution < -0.4 is 10.4 Å². The molecule has 0 aliphatic rings. The summed E-state index contributed by atoms with van der Waals surface area (Å²) in [4.78, 5) is 0. The largest absolute Gasteiger partial charge is 0.416 e. The molecule has 0 fully saturated rings. The Morgan fingerprint density at radius 2 is 0.929 bits per heavy atom. The molecule has 2 rings (SSSR count). The van der Waals surface area contributed by atoms with E-state index >= 15 is 0 Å². The summed E-state index contributed by atoms with van der Waals surface area (Å²) < 4.78 is 12.0. The first kappa shape index (κ1) is 22.8. The first-order valence-electron chi connectivity index (χ1n) is 10.5. The van der Waals surface area contributed by atoms with Crippen molar-refractivity contribution in [2.24, 2.45) is 0 Å². The second kappa shape index (κ2) is 9.83. The highest BCUT2D eigenvalue weighted by molar-refractivity contribution is 6.86. The normalized spacial score (nSPS) is 12.2. The molecule has 0 saturated carbocycles. The summed E-state index contributed by atoms with van der Waals surface area (Å²) in [6.07, 6.45) is 0. The maximum Gasteiger partial charge on any atom is 0.223 e. The Bertz CT molecular complexity index is 676. The van der Waals surface area contributed by atoms with Gasteiger partial charge in [-0.05, 0) is 51.2 Å². The molecule has 2 aromatic rings. The first-order chi connectivity index (χ1) is 13.5. The molecule has 0 aromatic heterocycles. The lowest BCUT2D eigenvalue weighted by atomic mass is 10.00. The molecule has 0 amide bonds. The number of hydrogen-bond acceptors (Lipinski definition) is 2. The SMILES string of the molecule is C=C(c1ccc([Si](CC)(CC)OC)cc1)c1ccc([Si](CC)(CC)OC)cc1. The van der Waals surface area contributed by atoms with E-state index in [1.54, 1.807) is 0 Å². The van der Waals surface area contributed by atoms with Gasteiger partial charge in [-0.3, -0.25) is 0 Å². The van der Waals surface area contributed by atoms with Crippen LogP contribution in [0.15, 0.2) is 55.1 Å². The van der Waals surface area contributed by atoms with Gasteiger partial charge in [-0.25, -0.2) is 0 Å². The highest BCUT2D eigenvalue weighted by Crippen LogP contribution is 2.24. The van der Waals surface area contributed by atoms with E-state index in [1.807, 2.05) is 14.2 Å². The second-order valence-electron chi connectivity index (χ2n) is 7.44. The van der Waals surface area contributed by atoms with E-state index in [9.17, 15) is 0 Å².